The molecule has 156 valence electrons. The molecule has 29 heavy (non-hydrogen) atoms. The Bertz CT molecular complexity index is 942. The molecule has 1 amide bonds. The van der Waals surface area contributed by atoms with Gasteiger partial charge < -0.3 is 15.1 Å². The summed E-state index contributed by atoms with van der Waals surface area (Å²) in [7, 11) is -1.68. The molecule has 2 heterocycles. The summed E-state index contributed by atoms with van der Waals surface area (Å²) in [5.41, 5.74) is 1.86. The third-order valence-electron chi connectivity index (χ3n) is 4.89. The number of amides is 1. The maximum Gasteiger partial charge on any atom is 0.251 e. The smallest absolute Gasteiger partial charge is 0.251 e. The van der Waals surface area contributed by atoms with Crippen LogP contribution in [-0.2, 0) is 16.6 Å². The number of hydrogen-bond acceptors (Lipinski definition) is 6. The van der Waals surface area contributed by atoms with Gasteiger partial charge in [-0.3, -0.25) is 9.78 Å². The monoisotopic (exact) mass is 417 g/mol. The standard InChI is InChI=1S/C20H27N5O3S/c1-3-23-29(27,28)19-14-17(20(26)22-15-16-6-8-21-9-7-16)4-5-18(19)25-12-10-24(2)11-13-25/h4-9,14,23H,3,10-13,15H2,1-2H3,(H,22,26). The number of sulfonamides is 1. The number of pyridine rings is 1. The van der Waals surface area contributed by atoms with Crippen LogP contribution in [0.1, 0.15) is 22.8 Å². The lowest BCUT2D eigenvalue weighted by Gasteiger charge is -2.35. The number of piperazine rings is 1. The van der Waals surface area contributed by atoms with Crippen LogP contribution in [0.2, 0.25) is 0 Å². The van der Waals surface area contributed by atoms with Gasteiger partial charge in [0.1, 0.15) is 4.90 Å². The van der Waals surface area contributed by atoms with Gasteiger partial charge in [0, 0.05) is 57.2 Å². The van der Waals surface area contributed by atoms with Crippen molar-refractivity contribution in [2.24, 2.45) is 0 Å². The van der Waals surface area contributed by atoms with Crippen molar-refractivity contribution in [2.45, 2.75) is 18.4 Å². The maximum atomic E-state index is 12.8. The predicted molar refractivity (Wildman–Crippen MR) is 112 cm³/mol. The van der Waals surface area contributed by atoms with E-state index >= 15 is 0 Å². The van der Waals surface area contributed by atoms with E-state index in [0.29, 0.717) is 17.8 Å². The Hall–Kier alpha value is -2.49. The second-order valence-corrected chi connectivity index (χ2v) is 8.75. The number of hydrogen-bond donors (Lipinski definition) is 2. The number of carbonyl (C=O) groups excluding carboxylic acids is 1. The van der Waals surface area contributed by atoms with Crippen LogP contribution in [0.4, 0.5) is 5.69 Å². The lowest BCUT2D eigenvalue weighted by Crippen LogP contribution is -2.45. The highest BCUT2D eigenvalue weighted by Crippen LogP contribution is 2.27. The molecule has 0 spiro atoms. The van der Waals surface area contributed by atoms with E-state index in [4.69, 9.17) is 0 Å². The van der Waals surface area contributed by atoms with Gasteiger partial charge in [0.15, 0.2) is 0 Å². The van der Waals surface area contributed by atoms with E-state index in [9.17, 15) is 13.2 Å². The van der Waals surface area contributed by atoms with Crippen molar-refractivity contribution in [1.82, 2.24) is 19.9 Å². The molecular formula is C20H27N5O3S. The third-order valence-corrected chi connectivity index (χ3v) is 6.47. The number of likely N-dealkylation sites (N-methyl/N-ethyl adjacent to an activating group) is 1. The average Bonchev–Trinajstić information content (AvgIpc) is 2.73. The largest absolute Gasteiger partial charge is 0.368 e. The fraction of sp³-hybridized carbons (Fsp3) is 0.400. The number of benzene rings is 1. The molecule has 1 aromatic carbocycles. The summed E-state index contributed by atoms with van der Waals surface area (Å²) >= 11 is 0. The Morgan fingerprint density at radius 3 is 2.45 bits per heavy atom. The second-order valence-electron chi connectivity index (χ2n) is 7.01. The minimum atomic E-state index is -3.72. The number of rotatable bonds is 7. The van der Waals surface area contributed by atoms with Crippen LogP contribution in [0.15, 0.2) is 47.6 Å². The highest BCUT2D eigenvalue weighted by Gasteiger charge is 2.25. The first kappa shape index (κ1) is 21.2. The van der Waals surface area contributed by atoms with E-state index in [-0.39, 0.29) is 17.3 Å². The molecule has 0 atom stereocenters. The molecule has 0 saturated carbocycles. The van der Waals surface area contributed by atoms with Gasteiger partial charge in [-0.2, -0.15) is 0 Å². The Kier molecular flexibility index (Phi) is 6.83. The zero-order valence-corrected chi connectivity index (χ0v) is 17.6. The van der Waals surface area contributed by atoms with Crippen LogP contribution in [-0.4, -0.2) is 64.0 Å². The zero-order valence-electron chi connectivity index (χ0n) is 16.8. The number of aromatic nitrogens is 1. The second kappa shape index (κ2) is 9.34. The van der Waals surface area contributed by atoms with E-state index in [0.717, 1.165) is 31.7 Å². The van der Waals surface area contributed by atoms with E-state index in [1.54, 1.807) is 31.5 Å². The molecule has 8 nitrogen and oxygen atoms in total. The number of anilines is 1. The van der Waals surface area contributed by atoms with Crippen LogP contribution >= 0.6 is 0 Å². The van der Waals surface area contributed by atoms with E-state index < -0.39 is 10.0 Å². The van der Waals surface area contributed by atoms with Gasteiger partial charge in [0.25, 0.3) is 5.91 Å². The quantitative estimate of drug-likeness (QED) is 0.700. The molecule has 1 aliphatic rings. The maximum absolute atomic E-state index is 12.8. The third kappa shape index (κ3) is 5.31. The Morgan fingerprint density at radius 2 is 1.79 bits per heavy atom. The van der Waals surface area contributed by atoms with Gasteiger partial charge in [0.2, 0.25) is 10.0 Å². The van der Waals surface area contributed by atoms with E-state index in [2.05, 4.69) is 24.8 Å². The van der Waals surface area contributed by atoms with Crippen LogP contribution in [0.25, 0.3) is 0 Å². The molecule has 0 unspecified atom stereocenters. The van der Waals surface area contributed by atoms with Crippen molar-refractivity contribution in [1.29, 1.82) is 0 Å². The van der Waals surface area contributed by atoms with Crippen LogP contribution in [0, 0.1) is 0 Å². The van der Waals surface area contributed by atoms with Crippen LogP contribution in [0.3, 0.4) is 0 Å². The molecule has 1 saturated heterocycles. The molecule has 3 rings (SSSR count). The van der Waals surface area contributed by atoms with Gasteiger partial charge in [-0.1, -0.05) is 6.92 Å². The molecule has 1 aromatic heterocycles. The lowest BCUT2D eigenvalue weighted by molar-refractivity contribution is 0.0950. The van der Waals surface area contributed by atoms with Gasteiger partial charge in [-0.15, -0.1) is 0 Å². The molecule has 0 radical (unpaired) electrons. The molecule has 1 aliphatic heterocycles. The number of nitrogens with zero attached hydrogens (tertiary/aromatic N) is 3. The molecular weight excluding hydrogens is 390 g/mol. The first-order chi connectivity index (χ1) is 13.9. The van der Waals surface area contributed by atoms with Crippen molar-refractivity contribution in [3.05, 3.63) is 53.9 Å². The van der Waals surface area contributed by atoms with Crippen molar-refractivity contribution in [3.8, 4) is 0 Å². The molecule has 1 fully saturated rings. The van der Waals surface area contributed by atoms with E-state index in [1.165, 1.54) is 6.07 Å². The number of nitrogens with one attached hydrogen (secondary N) is 2. The molecule has 9 heteroatoms. The lowest BCUT2D eigenvalue weighted by atomic mass is 10.1. The summed E-state index contributed by atoms with van der Waals surface area (Å²) in [6.45, 7) is 5.54. The Morgan fingerprint density at radius 1 is 1.10 bits per heavy atom. The minimum absolute atomic E-state index is 0.139. The summed E-state index contributed by atoms with van der Waals surface area (Å²) in [5.74, 6) is -0.320. The highest BCUT2D eigenvalue weighted by atomic mass is 32.2. The summed E-state index contributed by atoms with van der Waals surface area (Å²) in [4.78, 5) is 21.0. The van der Waals surface area contributed by atoms with Gasteiger partial charge in [-0.05, 0) is 42.9 Å². The summed E-state index contributed by atoms with van der Waals surface area (Å²) in [6, 6.07) is 8.51. The topological polar surface area (TPSA) is 94.6 Å². The van der Waals surface area contributed by atoms with E-state index in [1.807, 2.05) is 19.2 Å². The molecule has 2 N–H and O–H groups in total. The van der Waals surface area contributed by atoms with Gasteiger partial charge >= 0.3 is 0 Å². The first-order valence-electron chi connectivity index (χ1n) is 9.65. The molecule has 0 bridgehead atoms. The van der Waals surface area contributed by atoms with Gasteiger partial charge in [0.05, 0.1) is 5.69 Å². The SMILES string of the molecule is CCNS(=O)(=O)c1cc(C(=O)NCc2ccncc2)ccc1N1CCN(C)CC1. The highest BCUT2D eigenvalue weighted by molar-refractivity contribution is 7.89. The first-order valence-corrected chi connectivity index (χ1v) is 11.1. The summed E-state index contributed by atoms with van der Waals surface area (Å²) < 4.78 is 28.2. The Balaban J connectivity index is 1.86. The molecule has 0 aliphatic carbocycles. The van der Waals surface area contributed by atoms with Crippen molar-refractivity contribution in [2.75, 3.05) is 44.7 Å². The zero-order chi connectivity index (χ0) is 20.9. The summed E-state index contributed by atoms with van der Waals surface area (Å²) in [6.07, 6.45) is 3.32. The fourth-order valence-electron chi connectivity index (χ4n) is 3.23. The average molecular weight is 418 g/mol. The normalized spacial score (nSPS) is 15.3. The minimum Gasteiger partial charge on any atom is -0.368 e. The Labute approximate surface area is 172 Å². The van der Waals surface area contributed by atoms with Crippen molar-refractivity contribution in [3.63, 3.8) is 0 Å². The fourth-order valence-corrected chi connectivity index (χ4v) is 4.52. The van der Waals surface area contributed by atoms with Crippen LogP contribution < -0.4 is 14.9 Å². The molecule has 2 aromatic rings. The van der Waals surface area contributed by atoms with Crippen molar-refractivity contribution < 1.29 is 13.2 Å². The summed E-state index contributed by atoms with van der Waals surface area (Å²) in [5, 5.41) is 2.83. The van der Waals surface area contributed by atoms with Crippen LogP contribution in [0.5, 0.6) is 0 Å². The predicted octanol–water partition coefficient (Wildman–Crippen LogP) is 1.06. The van der Waals surface area contributed by atoms with Crippen molar-refractivity contribution >= 4 is 21.6 Å². The van der Waals surface area contributed by atoms with Gasteiger partial charge in [-0.25, -0.2) is 13.1 Å². The number of carbonyl (C=O) groups is 1.